The van der Waals surface area contributed by atoms with Crippen LogP contribution in [0.3, 0.4) is 0 Å². The van der Waals surface area contributed by atoms with E-state index in [2.05, 4.69) is 4.74 Å². The van der Waals surface area contributed by atoms with E-state index in [9.17, 15) is 18.0 Å². The number of amides is 1. The summed E-state index contributed by atoms with van der Waals surface area (Å²) in [6.07, 6.45) is -1.61. The average Bonchev–Trinajstić information content (AvgIpc) is 2.12. The summed E-state index contributed by atoms with van der Waals surface area (Å²) in [4.78, 5) is 21.9. The van der Waals surface area contributed by atoms with Crippen LogP contribution in [-0.2, 0) is 19.7 Å². The summed E-state index contributed by atoms with van der Waals surface area (Å²) < 4.78 is 30.7. The van der Waals surface area contributed by atoms with Crippen LogP contribution in [0.4, 0.5) is 4.79 Å². The van der Waals surface area contributed by atoms with Crippen LogP contribution in [0.2, 0.25) is 0 Å². The lowest BCUT2D eigenvalue weighted by Gasteiger charge is -2.22. The van der Waals surface area contributed by atoms with Gasteiger partial charge in [-0.15, -0.1) is 0 Å². The Labute approximate surface area is 112 Å². The van der Waals surface area contributed by atoms with Crippen molar-refractivity contribution >= 4 is 22.3 Å². The summed E-state index contributed by atoms with van der Waals surface area (Å²) in [7, 11) is -4.23. The van der Waals surface area contributed by atoms with Crippen molar-refractivity contribution in [3.8, 4) is 0 Å². The molecule has 19 heavy (non-hydrogen) atoms. The molecule has 0 heterocycles. The molecule has 0 aliphatic heterocycles. The topological polar surface area (TPSA) is 113 Å². The van der Waals surface area contributed by atoms with Crippen LogP contribution in [0.1, 0.15) is 27.7 Å². The van der Waals surface area contributed by atoms with Crippen LogP contribution in [0, 0.1) is 5.92 Å². The third-order valence-corrected chi connectivity index (χ3v) is 3.16. The van der Waals surface area contributed by atoms with E-state index < -0.39 is 34.9 Å². The number of ether oxygens (including phenoxy) is 1. The van der Waals surface area contributed by atoms with Crippen LogP contribution in [0.25, 0.3) is 0 Å². The molecular weight excluding hydrogens is 276 g/mol. The number of rotatable bonds is 7. The molecular formula is C10H20N2O6S. The van der Waals surface area contributed by atoms with Gasteiger partial charge in [-0.2, -0.15) is 12.7 Å². The Morgan fingerprint density at radius 2 is 1.79 bits per heavy atom. The van der Waals surface area contributed by atoms with Gasteiger partial charge in [0.1, 0.15) is 6.54 Å². The van der Waals surface area contributed by atoms with Gasteiger partial charge in [-0.3, -0.25) is 4.79 Å². The minimum Gasteiger partial charge on any atom is -0.480 e. The van der Waals surface area contributed by atoms with Crippen molar-refractivity contribution in [2.75, 3.05) is 13.1 Å². The zero-order valence-corrected chi connectivity index (χ0v) is 12.2. The van der Waals surface area contributed by atoms with Crippen molar-refractivity contribution in [2.45, 2.75) is 33.8 Å². The molecule has 0 bridgehead atoms. The van der Waals surface area contributed by atoms with Gasteiger partial charge in [0.05, 0.1) is 6.10 Å². The predicted octanol–water partition coefficient (Wildman–Crippen LogP) is 0.408. The molecule has 0 spiro atoms. The second kappa shape index (κ2) is 7.29. The maximum atomic E-state index is 11.8. The molecule has 2 N–H and O–H groups in total. The SMILES string of the molecule is CC(C)CN(CC(=O)O)S(=O)(=O)NC(=O)OC(C)C. The molecule has 8 nitrogen and oxygen atoms in total. The lowest BCUT2D eigenvalue weighted by Crippen LogP contribution is -2.47. The van der Waals surface area contributed by atoms with Gasteiger partial charge in [-0.05, 0) is 19.8 Å². The molecule has 0 unspecified atom stereocenters. The van der Waals surface area contributed by atoms with Gasteiger partial charge >= 0.3 is 22.3 Å². The van der Waals surface area contributed by atoms with Crippen molar-refractivity contribution in [3.63, 3.8) is 0 Å². The maximum Gasteiger partial charge on any atom is 0.422 e. The molecule has 112 valence electrons. The zero-order valence-electron chi connectivity index (χ0n) is 11.4. The fourth-order valence-electron chi connectivity index (χ4n) is 1.21. The van der Waals surface area contributed by atoms with Crippen LogP contribution in [0.5, 0.6) is 0 Å². The van der Waals surface area contributed by atoms with E-state index in [1.807, 2.05) is 0 Å². The highest BCUT2D eigenvalue weighted by Gasteiger charge is 2.27. The first-order chi connectivity index (χ1) is 8.54. The Hall–Kier alpha value is -1.35. The van der Waals surface area contributed by atoms with Crippen molar-refractivity contribution in [3.05, 3.63) is 0 Å². The second-order valence-corrected chi connectivity index (χ2v) is 6.31. The minimum absolute atomic E-state index is 0.0173. The molecule has 1 amide bonds. The number of aliphatic carboxylic acids is 1. The number of carbonyl (C=O) groups is 2. The van der Waals surface area contributed by atoms with Crippen LogP contribution < -0.4 is 4.72 Å². The van der Waals surface area contributed by atoms with Gasteiger partial charge < -0.3 is 9.84 Å². The minimum atomic E-state index is -4.23. The third kappa shape index (κ3) is 7.62. The summed E-state index contributed by atoms with van der Waals surface area (Å²) >= 11 is 0. The number of hydrogen-bond donors (Lipinski definition) is 2. The van der Waals surface area contributed by atoms with Crippen LogP contribution in [0.15, 0.2) is 0 Å². The molecule has 0 rings (SSSR count). The number of carbonyl (C=O) groups excluding carboxylic acids is 1. The Morgan fingerprint density at radius 3 is 2.16 bits per heavy atom. The van der Waals surface area contributed by atoms with E-state index in [1.54, 1.807) is 32.4 Å². The number of carboxylic acids is 1. The van der Waals surface area contributed by atoms with Crippen molar-refractivity contribution in [1.29, 1.82) is 0 Å². The number of nitrogens with one attached hydrogen (secondary N) is 1. The largest absolute Gasteiger partial charge is 0.480 e. The Kier molecular flexibility index (Phi) is 6.77. The molecule has 0 aliphatic carbocycles. The second-order valence-electron chi connectivity index (χ2n) is 4.64. The van der Waals surface area contributed by atoms with E-state index in [0.717, 1.165) is 0 Å². The molecule has 0 aromatic heterocycles. The highest BCUT2D eigenvalue weighted by Crippen LogP contribution is 2.04. The average molecular weight is 296 g/mol. The van der Waals surface area contributed by atoms with Crippen molar-refractivity contribution < 1.29 is 27.9 Å². The first kappa shape index (κ1) is 17.6. The highest BCUT2D eigenvalue weighted by atomic mass is 32.2. The van der Waals surface area contributed by atoms with Gasteiger partial charge in [0.2, 0.25) is 0 Å². The maximum absolute atomic E-state index is 11.8. The quantitative estimate of drug-likeness (QED) is 0.703. The van der Waals surface area contributed by atoms with E-state index >= 15 is 0 Å². The lowest BCUT2D eigenvalue weighted by molar-refractivity contribution is -0.137. The molecule has 0 fully saturated rings. The molecule has 0 aromatic rings. The number of nitrogens with zero attached hydrogens (tertiary/aromatic N) is 1. The number of hydrogen-bond acceptors (Lipinski definition) is 5. The summed E-state index contributed by atoms with van der Waals surface area (Å²) in [6.45, 7) is 5.86. The number of carboxylic acid groups (broad SMARTS) is 1. The fraction of sp³-hybridized carbons (Fsp3) is 0.800. The molecule has 0 aromatic carbocycles. The van der Waals surface area contributed by atoms with Gasteiger partial charge in [-0.1, -0.05) is 13.8 Å². The van der Waals surface area contributed by atoms with Crippen molar-refractivity contribution in [1.82, 2.24) is 9.03 Å². The fourth-order valence-corrected chi connectivity index (χ4v) is 2.38. The van der Waals surface area contributed by atoms with E-state index in [4.69, 9.17) is 5.11 Å². The first-order valence-corrected chi connectivity index (χ1v) is 7.19. The normalized spacial score (nSPS) is 11.9. The van der Waals surface area contributed by atoms with Gasteiger partial charge in [-0.25, -0.2) is 9.52 Å². The molecule has 0 aliphatic rings. The standard InChI is InChI=1S/C10H20N2O6S/c1-7(2)5-12(6-9(13)14)19(16,17)11-10(15)18-8(3)4/h7-8H,5-6H2,1-4H3,(H,11,15)(H,13,14). The Morgan fingerprint density at radius 1 is 1.26 bits per heavy atom. The highest BCUT2D eigenvalue weighted by molar-refractivity contribution is 7.87. The predicted molar refractivity (Wildman–Crippen MR) is 67.7 cm³/mol. The molecule has 0 saturated heterocycles. The molecule has 9 heteroatoms. The van der Waals surface area contributed by atoms with E-state index in [-0.39, 0.29) is 12.5 Å². The first-order valence-electron chi connectivity index (χ1n) is 5.75. The van der Waals surface area contributed by atoms with Crippen LogP contribution >= 0.6 is 0 Å². The van der Waals surface area contributed by atoms with E-state index in [0.29, 0.717) is 4.31 Å². The van der Waals surface area contributed by atoms with Gasteiger partial charge in [0, 0.05) is 6.54 Å². The monoisotopic (exact) mass is 296 g/mol. The summed E-state index contributed by atoms with van der Waals surface area (Å²) in [5, 5.41) is 8.69. The summed E-state index contributed by atoms with van der Waals surface area (Å²) in [5.74, 6) is -1.39. The van der Waals surface area contributed by atoms with Gasteiger partial charge in [0.15, 0.2) is 0 Å². The third-order valence-electron chi connectivity index (χ3n) is 1.78. The smallest absolute Gasteiger partial charge is 0.422 e. The van der Waals surface area contributed by atoms with Crippen LogP contribution in [-0.4, -0.2) is 49.1 Å². The Bertz CT molecular complexity index is 418. The summed E-state index contributed by atoms with van der Waals surface area (Å²) in [6, 6.07) is 0. The molecule has 0 saturated carbocycles. The molecule has 0 atom stereocenters. The van der Waals surface area contributed by atoms with Crippen molar-refractivity contribution in [2.24, 2.45) is 5.92 Å². The lowest BCUT2D eigenvalue weighted by atomic mass is 10.2. The van der Waals surface area contributed by atoms with Gasteiger partial charge in [0.25, 0.3) is 0 Å². The Balaban J connectivity index is 4.87. The van der Waals surface area contributed by atoms with E-state index in [1.165, 1.54) is 0 Å². The zero-order chi connectivity index (χ0) is 15.2. The summed E-state index contributed by atoms with van der Waals surface area (Å²) in [5.41, 5.74) is 0. The molecule has 0 radical (unpaired) electrons.